The Morgan fingerprint density at radius 1 is 1.41 bits per heavy atom. The van der Waals surface area contributed by atoms with Crippen LogP contribution in [0.2, 0.25) is 0 Å². The topological polar surface area (TPSA) is 35.2 Å². The molecular formula is C14H22FNO. The average Bonchev–Trinajstić information content (AvgIpc) is 2.29. The van der Waals surface area contributed by atoms with E-state index in [1.807, 2.05) is 6.07 Å². The number of para-hydroxylation sites is 1. The summed E-state index contributed by atoms with van der Waals surface area (Å²) in [5.74, 6) is 0.533. The zero-order chi connectivity index (χ0) is 12.7. The summed E-state index contributed by atoms with van der Waals surface area (Å²) < 4.78 is 19.2. The van der Waals surface area contributed by atoms with Crippen molar-refractivity contribution >= 4 is 0 Å². The van der Waals surface area contributed by atoms with Crippen LogP contribution in [0.15, 0.2) is 18.2 Å². The van der Waals surface area contributed by atoms with E-state index >= 15 is 0 Å². The van der Waals surface area contributed by atoms with Gasteiger partial charge in [-0.15, -0.1) is 0 Å². The smallest absolute Gasteiger partial charge is 0.165 e. The number of ether oxygens (including phenoxy) is 1. The summed E-state index contributed by atoms with van der Waals surface area (Å²) in [4.78, 5) is 0. The number of halogens is 1. The van der Waals surface area contributed by atoms with Gasteiger partial charge < -0.3 is 10.5 Å². The molecule has 17 heavy (non-hydrogen) atoms. The lowest BCUT2D eigenvalue weighted by Gasteiger charge is -2.15. The van der Waals surface area contributed by atoms with E-state index < -0.39 is 0 Å². The zero-order valence-electron chi connectivity index (χ0n) is 10.7. The van der Waals surface area contributed by atoms with Crippen molar-refractivity contribution in [1.29, 1.82) is 0 Å². The number of hydrogen-bond donors (Lipinski definition) is 1. The van der Waals surface area contributed by atoms with E-state index in [9.17, 15) is 4.39 Å². The van der Waals surface area contributed by atoms with E-state index in [2.05, 4.69) is 13.8 Å². The van der Waals surface area contributed by atoms with Crippen LogP contribution < -0.4 is 10.5 Å². The third kappa shape index (κ3) is 4.35. The van der Waals surface area contributed by atoms with Gasteiger partial charge in [0.25, 0.3) is 0 Å². The lowest BCUT2D eigenvalue weighted by atomic mass is 10.1. The fourth-order valence-corrected chi connectivity index (χ4v) is 1.87. The maximum atomic E-state index is 13.6. The third-order valence-corrected chi connectivity index (χ3v) is 2.76. The molecule has 1 atom stereocenters. The maximum Gasteiger partial charge on any atom is 0.165 e. The van der Waals surface area contributed by atoms with Crippen molar-refractivity contribution in [3.05, 3.63) is 29.6 Å². The van der Waals surface area contributed by atoms with Crippen molar-refractivity contribution in [1.82, 2.24) is 0 Å². The molecule has 0 heterocycles. The molecule has 0 aromatic heterocycles. The number of nitrogens with two attached hydrogens (primary N) is 1. The highest BCUT2D eigenvalue weighted by Gasteiger charge is 2.10. The van der Waals surface area contributed by atoms with Gasteiger partial charge in [0.15, 0.2) is 11.6 Å². The molecule has 1 unspecified atom stereocenters. The molecule has 2 N–H and O–H groups in total. The van der Waals surface area contributed by atoms with Crippen LogP contribution in [0.5, 0.6) is 5.75 Å². The van der Waals surface area contributed by atoms with Gasteiger partial charge in [-0.05, 0) is 36.9 Å². The Labute approximate surface area is 103 Å². The lowest BCUT2D eigenvalue weighted by molar-refractivity contribution is 0.239. The van der Waals surface area contributed by atoms with Crippen molar-refractivity contribution in [2.75, 3.05) is 13.2 Å². The van der Waals surface area contributed by atoms with Crippen LogP contribution >= 0.6 is 0 Å². The first-order chi connectivity index (χ1) is 8.19. The second-order valence-corrected chi connectivity index (χ2v) is 4.47. The summed E-state index contributed by atoms with van der Waals surface area (Å²) in [6.07, 6.45) is 2.87. The molecule has 0 radical (unpaired) electrons. The summed E-state index contributed by atoms with van der Waals surface area (Å²) in [6, 6.07) is 5.00. The molecule has 0 spiro atoms. The minimum absolute atomic E-state index is 0.292. The van der Waals surface area contributed by atoms with Crippen molar-refractivity contribution in [3.63, 3.8) is 0 Å². The van der Waals surface area contributed by atoms with Crippen molar-refractivity contribution < 1.29 is 9.13 Å². The van der Waals surface area contributed by atoms with E-state index in [0.29, 0.717) is 31.2 Å². The van der Waals surface area contributed by atoms with Crippen molar-refractivity contribution in [3.8, 4) is 5.75 Å². The lowest BCUT2D eigenvalue weighted by Crippen LogP contribution is -2.12. The predicted octanol–water partition coefficient (Wildman–Crippen LogP) is 3.14. The van der Waals surface area contributed by atoms with Crippen molar-refractivity contribution in [2.45, 2.75) is 33.1 Å². The summed E-state index contributed by atoms with van der Waals surface area (Å²) >= 11 is 0. The molecule has 3 heteroatoms. The predicted molar refractivity (Wildman–Crippen MR) is 68.7 cm³/mol. The Morgan fingerprint density at radius 2 is 2.18 bits per heavy atom. The summed E-state index contributed by atoms with van der Waals surface area (Å²) in [5, 5.41) is 0. The zero-order valence-corrected chi connectivity index (χ0v) is 10.7. The Kier molecular flexibility index (Phi) is 5.98. The first kappa shape index (κ1) is 14.0. The third-order valence-electron chi connectivity index (χ3n) is 2.76. The van der Waals surface area contributed by atoms with Crippen LogP contribution in [0.3, 0.4) is 0 Å². The van der Waals surface area contributed by atoms with Crippen LogP contribution in [-0.4, -0.2) is 13.2 Å². The molecule has 0 fully saturated rings. The van der Waals surface area contributed by atoms with Gasteiger partial charge in [-0.3, -0.25) is 0 Å². The SMILES string of the molecule is CCCC(C)COc1c(F)cccc1CCN. The Bertz CT molecular complexity index is 341. The molecule has 0 aliphatic carbocycles. The van der Waals surface area contributed by atoms with Gasteiger partial charge in [0.1, 0.15) is 0 Å². The van der Waals surface area contributed by atoms with E-state index in [1.54, 1.807) is 6.07 Å². The molecule has 0 aliphatic rings. The second-order valence-electron chi connectivity index (χ2n) is 4.47. The molecule has 1 rings (SSSR count). The quantitative estimate of drug-likeness (QED) is 0.793. The van der Waals surface area contributed by atoms with E-state index in [-0.39, 0.29) is 5.82 Å². The number of benzene rings is 1. The average molecular weight is 239 g/mol. The van der Waals surface area contributed by atoms with Crippen LogP contribution in [0.4, 0.5) is 4.39 Å². The highest BCUT2D eigenvalue weighted by molar-refractivity contribution is 5.35. The normalized spacial score (nSPS) is 12.5. The van der Waals surface area contributed by atoms with Gasteiger partial charge in [0.05, 0.1) is 6.61 Å². The van der Waals surface area contributed by atoms with Crippen LogP contribution in [0.25, 0.3) is 0 Å². The van der Waals surface area contributed by atoms with Gasteiger partial charge in [0.2, 0.25) is 0 Å². The molecule has 96 valence electrons. The van der Waals surface area contributed by atoms with Crippen LogP contribution in [0.1, 0.15) is 32.3 Å². The molecule has 0 aliphatic heterocycles. The van der Waals surface area contributed by atoms with E-state index in [0.717, 1.165) is 18.4 Å². The van der Waals surface area contributed by atoms with Gasteiger partial charge in [-0.2, -0.15) is 0 Å². The fraction of sp³-hybridized carbons (Fsp3) is 0.571. The molecule has 1 aromatic rings. The van der Waals surface area contributed by atoms with Gasteiger partial charge in [-0.25, -0.2) is 4.39 Å². The highest BCUT2D eigenvalue weighted by Crippen LogP contribution is 2.24. The molecular weight excluding hydrogens is 217 g/mol. The van der Waals surface area contributed by atoms with Crippen LogP contribution in [-0.2, 0) is 6.42 Å². The fourth-order valence-electron chi connectivity index (χ4n) is 1.87. The van der Waals surface area contributed by atoms with E-state index in [1.165, 1.54) is 6.07 Å². The molecule has 0 bridgehead atoms. The molecule has 0 saturated carbocycles. The monoisotopic (exact) mass is 239 g/mol. The number of hydrogen-bond acceptors (Lipinski definition) is 2. The minimum Gasteiger partial charge on any atom is -0.490 e. The minimum atomic E-state index is -0.292. The van der Waals surface area contributed by atoms with Crippen LogP contribution in [0, 0.1) is 11.7 Å². The Balaban J connectivity index is 2.68. The summed E-state index contributed by atoms with van der Waals surface area (Å²) in [7, 11) is 0. The molecule has 0 amide bonds. The maximum absolute atomic E-state index is 13.6. The number of rotatable bonds is 7. The standard InChI is InChI=1S/C14H22FNO/c1-3-5-11(2)10-17-14-12(8-9-16)6-4-7-13(14)15/h4,6-7,11H,3,5,8-10,16H2,1-2H3. The molecule has 1 aromatic carbocycles. The second kappa shape index (κ2) is 7.28. The van der Waals surface area contributed by atoms with E-state index in [4.69, 9.17) is 10.5 Å². The Morgan fingerprint density at radius 3 is 2.82 bits per heavy atom. The van der Waals surface area contributed by atoms with Crippen molar-refractivity contribution in [2.24, 2.45) is 11.7 Å². The molecule has 0 saturated heterocycles. The van der Waals surface area contributed by atoms with Gasteiger partial charge in [0, 0.05) is 0 Å². The summed E-state index contributed by atoms with van der Waals surface area (Å²) in [6.45, 7) is 5.32. The van der Waals surface area contributed by atoms with Gasteiger partial charge >= 0.3 is 0 Å². The van der Waals surface area contributed by atoms with Gasteiger partial charge in [-0.1, -0.05) is 32.4 Å². The molecule has 2 nitrogen and oxygen atoms in total. The first-order valence-corrected chi connectivity index (χ1v) is 6.29. The largest absolute Gasteiger partial charge is 0.490 e. The highest BCUT2D eigenvalue weighted by atomic mass is 19.1. The Hall–Kier alpha value is -1.09. The first-order valence-electron chi connectivity index (χ1n) is 6.29. The summed E-state index contributed by atoms with van der Waals surface area (Å²) in [5.41, 5.74) is 6.36.